The van der Waals surface area contributed by atoms with E-state index in [4.69, 9.17) is 4.74 Å². The molecule has 9 heteroatoms. The molecule has 1 aromatic carbocycles. The highest BCUT2D eigenvalue weighted by molar-refractivity contribution is 7.93. The summed E-state index contributed by atoms with van der Waals surface area (Å²) >= 11 is 0. The Morgan fingerprint density at radius 3 is 2.84 bits per heavy atom. The predicted octanol–water partition coefficient (Wildman–Crippen LogP) is 1.95. The number of aromatic nitrogens is 2. The Labute approximate surface area is 144 Å². The van der Waals surface area contributed by atoms with Gasteiger partial charge in [-0.2, -0.15) is 0 Å². The van der Waals surface area contributed by atoms with Gasteiger partial charge in [0.25, 0.3) is 10.0 Å². The van der Waals surface area contributed by atoms with E-state index in [1.54, 1.807) is 36.5 Å². The van der Waals surface area contributed by atoms with Gasteiger partial charge < -0.3 is 15.0 Å². The fraction of sp³-hybridized carbons (Fsp3) is 0.125. The van der Waals surface area contributed by atoms with Gasteiger partial charge in [0.05, 0.1) is 5.69 Å². The number of pyridine rings is 1. The van der Waals surface area contributed by atoms with Gasteiger partial charge in [-0.05, 0) is 30.3 Å². The summed E-state index contributed by atoms with van der Waals surface area (Å²) in [4.78, 5) is 18.6. The third-order valence-corrected chi connectivity index (χ3v) is 4.80. The van der Waals surface area contributed by atoms with Crippen LogP contribution in [-0.4, -0.2) is 38.0 Å². The SMILES string of the molecule is COCC(=O)Nc1cccc(NS(=O)(=O)c2c[nH]c3ncccc23)c1. The van der Waals surface area contributed by atoms with Crippen molar-refractivity contribution < 1.29 is 17.9 Å². The first-order chi connectivity index (χ1) is 12.0. The number of nitrogens with zero attached hydrogens (tertiary/aromatic N) is 1. The number of carbonyl (C=O) groups is 1. The minimum atomic E-state index is -3.81. The lowest BCUT2D eigenvalue weighted by molar-refractivity contribution is -0.119. The quantitative estimate of drug-likeness (QED) is 0.622. The van der Waals surface area contributed by atoms with Gasteiger partial charge in [0.15, 0.2) is 0 Å². The van der Waals surface area contributed by atoms with E-state index in [1.807, 2.05) is 0 Å². The zero-order chi connectivity index (χ0) is 17.9. The van der Waals surface area contributed by atoms with E-state index < -0.39 is 10.0 Å². The molecule has 3 N–H and O–H groups in total. The molecule has 2 aromatic heterocycles. The van der Waals surface area contributed by atoms with Crippen molar-refractivity contribution in [2.24, 2.45) is 0 Å². The number of rotatable bonds is 6. The highest BCUT2D eigenvalue weighted by Crippen LogP contribution is 2.24. The lowest BCUT2D eigenvalue weighted by Gasteiger charge is -2.10. The first-order valence-electron chi connectivity index (χ1n) is 7.33. The van der Waals surface area contributed by atoms with Crippen molar-refractivity contribution >= 4 is 38.3 Å². The van der Waals surface area contributed by atoms with Crippen molar-refractivity contribution in [1.29, 1.82) is 0 Å². The second kappa shape index (κ2) is 6.91. The number of carbonyl (C=O) groups excluding carboxylic acids is 1. The number of amides is 1. The summed E-state index contributed by atoms with van der Waals surface area (Å²) in [5.74, 6) is -0.329. The predicted molar refractivity (Wildman–Crippen MR) is 93.8 cm³/mol. The van der Waals surface area contributed by atoms with E-state index in [1.165, 1.54) is 19.4 Å². The van der Waals surface area contributed by atoms with Crippen LogP contribution in [0.1, 0.15) is 0 Å². The minimum absolute atomic E-state index is 0.0850. The smallest absolute Gasteiger partial charge is 0.264 e. The maximum atomic E-state index is 12.6. The number of H-pyrrole nitrogens is 1. The van der Waals surface area contributed by atoms with Crippen LogP contribution in [0.2, 0.25) is 0 Å². The second-order valence-electron chi connectivity index (χ2n) is 5.22. The molecule has 8 nitrogen and oxygen atoms in total. The van der Waals surface area contributed by atoms with Crippen LogP contribution in [0, 0.1) is 0 Å². The zero-order valence-corrected chi connectivity index (χ0v) is 14.1. The van der Waals surface area contributed by atoms with Crippen molar-refractivity contribution in [3.63, 3.8) is 0 Å². The summed E-state index contributed by atoms with van der Waals surface area (Å²) in [5, 5.41) is 3.12. The van der Waals surface area contributed by atoms with Crippen LogP contribution in [0.4, 0.5) is 11.4 Å². The van der Waals surface area contributed by atoms with Gasteiger partial charge in [0, 0.05) is 30.6 Å². The van der Waals surface area contributed by atoms with Gasteiger partial charge in [-0.15, -0.1) is 0 Å². The van der Waals surface area contributed by atoms with Gasteiger partial charge >= 0.3 is 0 Å². The fourth-order valence-electron chi connectivity index (χ4n) is 2.35. The molecule has 0 saturated carbocycles. The number of methoxy groups -OCH3 is 1. The fourth-order valence-corrected chi connectivity index (χ4v) is 3.57. The Morgan fingerprint density at radius 1 is 1.24 bits per heavy atom. The molecule has 0 atom stereocenters. The molecule has 130 valence electrons. The summed E-state index contributed by atoms with van der Waals surface area (Å²) in [6.07, 6.45) is 2.97. The Kier molecular flexibility index (Phi) is 4.68. The molecule has 25 heavy (non-hydrogen) atoms. The number of hydrogen-bond donors (Lipinski definition) is 3. The average molecular weight is 360 g/mol. The molecule has 3 aromatic rings. The molecule has 0 aliphatic carbocycles. The molecule has 0 radical (unpaired) electrons. The van der Waals surface area contributed by atoms with Crippen LogP contribution >= 0.6 is 0 Å². The number of fused-ring (bicyclic) bond motifs is 1. The lowest BCUT2D eigenvalue weighted by Crippen LogP contribution is -2.17. The largest absolute Gasteiger partial charge is 0.375 e. The number of nitrogens with one attached hydrogen (secondary N) is 3. The van der Waals surface area contributed by atoms with Gasteiger partial charge in [0.2, 0.25) is 5.91 Å². The molecular formula is C16H16N4O4S. The highest BCUT2D eigenvalue weighted by Gasteiger charge is 2.19. The number of anilines is 2. The molecule has 2 heterocycles. The molecule has 0 spiro atoms. The average Bonchev–Trinajstić information content (AvgIpc) is 3.00. The number of ether oxygens (including phenoxy) is 1. The van der Waals surface area contributed by atoms with E-state index in [0.717, 1.165) is 0 Å². The summed E-state index contributed by atoms with van der Waals surface area (Å²) in [7, 11) is -2.39. The van der Waals surface area contributed by atoms with Crippen molar-refractivity contribution in [3.8, 4) is 0 Å². The number of benzene rings is 1. The molecular weight excluding hydrogens is 344 g/mol. The number of hydrogen-bond acceptors (Lipinski definition) is 5. The van der Waals surface area contributed by atoms with E-state index in [0.29, 0.717) is 22.4 Å². The van der Waals surface area contributed by atoms with Crippen LogP contribution < -0.4 is 10.0 Å². The molecule has 0 fully saturated rings. The van der Waals surface area contributed by atoms with Crippen LogP contribution in [0.5, 0.6) is 0 Å². The van der Waals surface area contributed by atoms with Gasteiger partial charge in [-0.3, -0.25) is 9.52 Å². The molecule has 3 rings (SSSR count). The van der Waals surface area contributed by atoms with Gasteiger partial charge in [-0.25, -0.2) is 13.4 Å². The maximum absolute atomic E-state index is 12.6. The normalized spacial score (nSPS) is 11.4. The van der Waals surface area contributed by atoms with E-state index >= 15 is 0 Å². The standard InChI is InChI=1S/C16H16N4O4S/c1-24-10-15(21)19-11-4-2-5-12(8-11)20-25(22,23)14-9-18-16-13(14)6-3-7-17-16/h2-9,20H,10H2,1H3,(H,17,18)(H,19,21). The van der Waals surface area contributed by atoms with Crippen LogP contribution in [-0.2, 0) is 19.6 Å². The second-order valence-corrected chi connectivity index (χ2v) is 6.87. The topological polar surface area (TPSA) is 113 Å². The molecule has 0 aliphatic heterocycles. The van der Waals surface area contributed by atoms with E-state index in [9.17, 15) is 13.2 Å². The maximum Gasteiger partial charge on any atom is 0.264 e. The van der Waals surface area contributed by atoms with E-state index in [2.05, 4.69) is 20.0 Å². The number of aromatic amines is 1. The van der Waals surface area contributed by atoms with Crippen molar-refractivity contribution in [2.45, 2.75) is 4.90 Å². The Morgan fingerprint density at radius 2 is 2.04 bits per heavy atom. The third-order valence-electron chi connectivity index (χ3n) is 3.38. The van der Waals surface area contributed by atoms with Crippen molar-refractivity contribution in [1.82, 2.24) is 9.97 Å². The minimum Gasteiger partial charge on any atom is -0.375 e. The lowest BCUT2D eigenvalue weighted by atomic mass is 10.3. The van der Waals surface area contributed by atoms with Crippen LogP contribution in [0.3, 0.4) is 0 Å². The summed E-state index contributed by atoms with van der Waals surface area (Å²) in [6.45, 7) is -0.0850. The Balaban J connectivity index is 1.85. The number of sulfonamides is 1. The molecule has 0 bridgehead atoms. The summed E-state index contributed by atoms with van der Waals surface area (Å²) < 4.78 is 32.5. The highest BCUT2D eigenvalue weighted by atomic mass is 32.2. The Hall–Kier alpha value is -2.91. The summed E-state index contributed by atoms with van der Waals surface area (Å²) in [6, 6.07) is 9.75. The zero-order valence-electron chi connectivity index (χ0n) is 13.3. The molecule has 0 unspecified atom stereocenters. The van der Waals surface area contributed by atoms with E-state index in [-0.39, 0.29) is 17.4 Å². The summed E-state index contributed by atoms with van der Waals surface area (Å²) in [5.41, 5.74) is 1.28. The molecule has 0 saturated heterocycles. The van der Waals surface area contributed by atoms with Gasteiger partial charge in [-0.1, -0.05) is 6.07 Å². The first kappa shape index (κ1) is 16.9. The molecule has 1 amide bonds. The van der Waals surface area contributed by atoms with Crippen molar-refractivity contribution in [2.75, 3.05) is 23.8 Å². The third kappa shape index (κ3) is 3.78. The first-order valence-corrected chi connectivity index (χ1v) is 8.82. The van der Waals surface area contributed by atoms with Crippen LogP contribution in [0.25, 0.3) is 11.0 Å². The molecule has 0 aliphatic rings. The van der Waals surface area contributed by atoms with Gasteiger partial charge in [0.1, 0.15) is 17.1 Å². The monoisotopic (exact) mass is 360 g/mol. The van der Waals surface area contributed by atoms with Crippen molar-refractivity contribution in [3.05, 3.63) is 48.8 Å². The van der Waals surface area contributed by atoms with Crippen LogP contribution in [0.15, 0.2) is 53.7 Å². The Bertz CT molecular complexity index is 1010.